The molecule has 0 amide bonds. The maximum Gasteiger partial charge on any atom is 0.151 e. The average molecular weight is 330 g/mol. The first kappa shape index (κ1) is 14.8. The highest BCUT2D eigenvalue weighted by Crippen LogP contribution is 2.24. The van der Waals surface area contributed by atoms with Gasteiger partial charge in [0.25, 0.3) is 0 Å². The molecule has 0 bridgehead atoms. The van der Waals surface area contributed by atoms with E-state index in [4.69, 9.17) is 4.98 Å². The lowest BCUT2D eigenvalue weighted by molar-refractivity contribution is 0.949. The number of nitrogens with zero attached hydrogens (tertiary/aromatic N) is 3. The lowest BCUT2D eigenvalue weighted by atomic mass is 10.0. The molecule has 0 aliphatic rings. The molecule has 0 fully saturated rings. The van der Waals surface area contributed by atoms with Crippen LogP contribution in [0.4, 0.5) is 11.5 Å². The van der Waals surface area contributed by atoms with Gasteiger partial charge in [-0.25, -0.2) is 4.98 Å². The Hall–Kier alpha value is -2.73. The summed E-state index contributed by atoms with van der Waals surface area (Å²) >= 11 is 4.40. The first-order chi connectivity index (χ1) is 11.7. The molecule has 2 aromatic carbocycles. The van der Waals surface area contributed by atoms with Crippen molar-refractivity contribution in [2.24, 2.45) is 0 Å². The van der Waals surface area contributed by atoms with Crippen LogP contribution in [0, 0.1) is 0 Å². The molecule has 4 rings (SSSR count). The second-order valence-electron chi connectivity index (χ2n) is 5.63. The van der Waals surface area contributed by atoms with Crippen LogP contribution in [0.3, 0.4) is 0 Å². The predicted octanol–water partition coefficient (Wildman–Crippen LogP) is 2.69. The second-order valence-corrected chi connectivity index (χ2v) is 6.15. The predicted molar refractivity (Wildman–Crippen MR) is 104 cm³/mol. The number of nitrogens with one attached hydrogen (secondary N) is 1. The molecule has 0 aliphatic heterocycles. The third-order valence-electron chi connectivity index (χ3n) is 3.84. The van der Waals surface area contributed by atoms with Crippen molar-refractivity contribution >= 4 is 43.1 Å². The maximum atomic E-state index is 4.77. The highest BCUT2D eigenvalue weighted by atomic mass is 32.1. The third-order valence-corrected chi connectivity index (χ3v) is 4.11. The molecule has 2 aromatic heterocycles. The van der Waals surface area contributed by atoms with Crippen LogP contribution in [0.1, 0.15) is 0 Å². The standard InChI is InChI=1S/C18H15BN4S/c19-15-11-20-23-17(21-13-7-4-8-14(24)9-13)10-16(22-18(15)23)12-5-2-1-3-6-12/h1-11,21,24H,19H2. The zero-order valence-corrected chi connectivity index (χ0v) is 14.0. The molecule has 116 valence electrons. The van der Waals surface area contributed by atoms with Gasteiger partial charge in [-0.2, -0.15) is 9.61 Å². The number of fused-ring (bicyclic) bond motifs is 1. The minimum absolute atomic E-state index is 0.848. The summed E-state index contributed by atoms with van der Waals surface area (Å²) in [5.41, 5.74) is 4.84. The van der Waals surface area contributed by atoms with E-state index in [2.05, 4.69) is 35.2 Å². The summed E-state index contributed by atoms with van der Waals surface area (Å²) in [5, 5.41) is 7.87. The minimum atomic E-state index is 0.848. The fourth-order valence-electron chi connectivity index (χ4n) is 2.65. The minimum Gasteiger partial charge on any atom is -0.340 e. The van der Waals surface area contributed by atoms with Crippen molar-refractivity contribution in [1.82, 2.24) is 14.6 Å². The van der Waals surface area contributed by atoms with Gasteiger partial charge in [0.15, 0.2) is 5.65 Å². The summed E-state index contributed by atoms with van der Waals surface area (Å²) in [5.74, 6) is 0.867. The Morgan fingerprint density at radius 3 is 2.62 bits per heavy atom. The fourth-order valence-corrected chi connectivity index (χ4v) is 2.88. The van der Waals surface area contributed by atoms with Crippen molar-refractivity contribution in [1.29, 1.82) is 0 Å². The van der Waals surface area contributed by atoms with Gasteiger partial charge in [0.1, 0.15) is 13.7 Å². The second kappa shape index (κ2) is 6.05. The zero-order valence-electron chi connectivity index (χ0n) is 13.1. The van der Waals surface area contributed by atoms with Gasteiger partial charge < -0.3 is 5.32 Å². The Bertz CT molecular complexity index is 1010. The average Bonchev–Trinajstić information content (AvgIpc) is 2.97. The van der Waals surface area contributed by atoms with Gasteiger partial charge in [0.2, 0.25) is 0 Å². The Labute approximate surface area is 146 Å². The molecule has 24 heavy (non-hydrogen) atoms. The molecule has 4 aromatic rings. The van der Waals surface area contributed by atoms with E-state index in [0.717, 1.165) is 38.8 Å². The third kappa shape index (κ3) is 2.76. The van der Waals surface area contributed by atoms with Crippen molar-refractivity contribution in [2.45, 2.75) is 4.90 Å². The van der Waals surface area contributed by atoms with Gasteiger partial charge in [-0.05, 0) is 23.7 Å². The van der Waals surface area contributed by atoms with E-state index in [9.17, 15) is 0 Å². The molecule has 0 saturated heterocycles. The highest BCUT2D eigenvalue weighted by molar-refractivity contribution is 7.80. The van der Waals surface area contributed by atoms with E-state index in [0.29, 0.717) is 0 Å². The monoisotopic (exact) mass is 330 g/mol. The van der Waals surface area contributed by atoms with Crippen LogP contribution in [0.15, 0.2) is 71.8 Å². The van der Waals surface area contributed by atoms with Crippen molar-refractivity contribution in [3.63, 3.8) is 0 Å². The van der Waals surface area contributed by atoms with Gasteiger partial charge in [-0.3, -0.25) is 0 Å². The summed E-state index contributed by atoms with van der Waals surface area (Å²) in [4.78, 5) is 5.68. The van der Waals surface area contributed by atoms with Gasteiger partial charge >= 0.3 is 0 Å². The smallest absolute Gasteiger partial charge is 0.151 e. The zero-order chi connectivity index (χ0) is 16.5. The fraction of sp³-hybridized carbons (Fsp3) is 0. The van der Waals surface area contributed by atoms with Crippen LogP contribution in [0.2, 0.25) is 0 Å². The van der Waals surface area contributed by atoms with E-state index in [1.165, 1.54) is 0 Å². The van der Waals surface area contributed by atoms with Crippen LogP contribution < -0.4 is 10.8 Å². The number of hydrogen-bond donors (Lipinski definition) is 2. The van der Waals surface area contributed by atoms with Crippen LogP contribution in [0.5, 0.6) is 0 Å². The first-order valence-electron chi connectivity index (χ1n) is 7.67. The molecule has 0 atom stereocenters. The molecular weight excluding hydrogens is 315 g/mol. The van der Waals surface area contributed by atoms with Gasteiger partial charge in [-0.15, -0.1) is 12.6 Å². The summed E-state index contributed by atoms with van der Waals surface area (Å²) in [7, 11) is 2.02. The summed E-state index contributed by atoms with van der Waals surface area (Å²) in [6.07, 6.45) is 1.83. The normalized spacial score (nSPS) is 10.9. The number of thiol groups is 1. The number of rotatable bonds is 3. The molecule has 4 nitrogen and oxygen atoms in total. The molecule has 0 saturated carbocycles. The molecule has 6 heteroatoms. The number of aromatic nitrogens is 3. The molecule has 0 unspecified atom stereocenters. The number of hydrogen-bond acceptors (Lipinski definition) is 4. The Kier molecular flexibility index (Phi) is 3.74. The first-order valence-corrected chi connectivity index (χ1v) is 8.12. The maximum absolute atomic E-state index is 4.77. The van der Waals surface area contributed by atoms with Crippen molar-refractivity contribution < 1.29 is 0 Å². The van der Waals surface area contributed by atoms with E-state index in [1.807, 2.05) is 67.1 Å². The van der Waals surface area contributed by atoms with E-state index < -0.39 is 0 Å². The number of anilines is 2. The summed E-state index contributed by atoms with van der Waals surface area (Å²) < 4.78 is 1.83. The summed E-state index contributed by atoms with van der Waals surface area (Å²) in [6, 6.07) is 20.1. The molecule has 1 N–H and O–H groups in total. The van der Waals surface area contributed by atoms with Gasteiger partial charge in [-0.1, -0.05) is 36.4 Å². The quantitative estimate of drug-likeness (QED) is 0.448. The highest BCUT2D eigenvalue weighted by Gasteiger charge is 2.10. The van der Waals surface area contributed by atoms with Crippen LogP contribution in [-0.2, 0) is 0 Å². The van der Waals surface area contributed by atoms with Crippen LogP contribution >= 0.6 is 12.6 Å². The number of benzene rings is 2. The Morgan fingerprint density at radius 1 is 1.00 bits per heavy atom. The van der Waals surface area contributed by atoms with Gasteiger partial charge in [0, 0.05) is 28.4 Å². The van der Waals surface area contributed by atoms with E-state index in [-0.39, 0.29) is 0 Å². The summed E-state index contributed by atoms with van der Waals surface area (Å²) in [6.45, 7) is 0. The largest absolute Gasteiger partial charge is 0.340 e. The molecule has 0 aliphatic carbocycles. The van der Waals surface area contributed by atoms with Crippen LogP contribution in [0.25, 0.3) is 16.9 Å². The lowest BCUT2D eigenvalue weighted by Gasteiger charge is -2.11. The van der Waals surface area contributed by atoms with Crippen LogP contribution in [-0.4, -0.2) is 22.4 Å². The molecular formula is C18H15BN4S. The SMILES string of the molecule is Bc1cnn2c(Nc3cccc(S)c3)cc(-c3ccccc3)nc12. The molecule has 2 heterocycles. The molecule has 0 spiro atoms. The topological polar surface area (TPSA) is 42.2 Å². The van der Waals surface area contributed by atoms with E-state index >= 15 is 0 Å². The Morgan fingerprint density at radius 2 is 1.83 bits per heavy atom. The van der Waals surface area contributed by atoms with Crippen molar-refractivity contribution in [3.8, 4) is 11.3 Å². The van der Waals surface area contributed by atoms with Crippen molar-refractivity contribution in [2.75, 3.05) is 5.32 Å². The van der Waals surface area contributed by atoms with Gasteiger partial charge in [0.05, 0.1) is 5.69 Å². The molecule has 0 radical (unpaired) electrons. The Balaban J connectivity index is 1.87. The van der Waals surface area contributed by atoms with E-state index in [1.54, 1.807) is 0 Å². The lowest BCUT2D eigenvalue weighted by Crippen LogP contribution is -2.07. The van der Waals surface area contributed by atoms with Crippen molar-refractivity contribution in [3.05, 3.63) is 66.9 Å².